The van der Waals surface area contributed by atoms with E-state index in [4.69, 9.17) is 0 Å². The molecule has 1 aromatic carbocycles. The van der Waals surface area contributed by atoms with Gasteiger partial charge in [0.1, 0.15) is 0 Å². The van der Waals surface area contributed by atoms with E-state index in [1.54, 1.807) is 11.3 Å². The molecular formula is C15H20N2S. The summed E-state index contributed by atoms with van der Waals surface area (Å²) in [6, 6.07) is 12.9. The molecule has 2 nitrogen and oxygen atoms in total. The fraction of sp³-hybridized carbons (Fsp3) is 0.333. The molecule has 18 heavy (non-hydrogen) atoms. The molecule has 96 valence electrons. The number of hydrogen-bond acceptors (Lipinski definition) is 3. The highest BCUT2D eigenvalue weighted by atomic mass is 32.1. The Balaban J connectivity index is 1.87. The first kappa shape index (κ1) is 13.3. The zero-order chi connectivity index (χ0) is 12.6. The number of thiophene rings is 1. The summed E-state index contributed by atoms with van der Waals surface area (Å²) in [5, 5.41) is 8.84. The molecule has 0 aliphatic heterocycles. The summed E-state index contributed by atoms with van der Waals surface area (Å²) in [4.78, 5) is 1.39. The second-order valence-corrected chi connectivity index (χ2v) is 5.34. The Bertz CT molecular complexity index is 451. The van der Waals surface area contributed by atoms with E-state index in [-0.39, 0.29) is 0 Å². The van der Waals surface area contributed by atoms with Gasteiger partial charge in [0.25, 0.3) is 0 Å². The highest BCUT2D eigenvalue weighted by molar-refractivity contribution is 7.09. The van der Waals surface area contributed by atoms with Crippen LogP contribution in [0.25, 0.3) is 0 Å². The lowest BCUT2D eigenvalue weighted by atomic mass is 10.0. The average Bonchev–Trinajstić information content (AvgIpc) is 2.91. The van der Waals surface area contributed by atoms with E-state index in [9.17, 15) is 0 Å². The Morgan fingerprint density at radius 1 is 1.00 bits per heavy atom. The number of hydrogen-bond donors (Lipinski definition) is 2. The van der Waals surface area contributed by atoms with Crippen LogP contribution in [-0.2, 0) is 19.5 Å². The van der Waals surface area contributed by atoms with Gasteiger partial charge in [0.05, 0.1) is 0 Å². The molecule has 0 aliphatic carbocycles. The Hall–Kier alpha value is -1.16. The van der Waals surface area contributed by atoms with Crippen LogP contribution in [0.5, 0.6) is 0 Å². The van der Waals surface area contributed by atoms with Gasteiger partial charge >= 0.3 is 0 Å². The van der Waals surface area contributed by atoms with E-state index in [0.29, 0.717) is 0 Å². The molecule has 0 unspecified atom stereocenters. The molecule has 1 heterocycles. The van der Waals surface area contributed by atoms with Crippen molar-refractivity contribution in [3.05, 3.63) is 57.8 Å². The maximum Gasteiger partial charge on any atom is 0.0302 e. The Kier molecular flexibility index (Phi) is 5.39. The highest BCUT2D eigenvalue weighted by Gasteiger charge is 2.01. The molecule has 0 radical (unpaired) electrons. The van der Waals surface area contributed by atoms with Gasteiger partial charge in [-0.1, -0.05) is 30.3 Å². The van der Waals surface area contributed by atoms with Crippen LogP contribution in [0.15, 0.2) is 41.8 Å². The fourth-order valence-electron chi connectivity index (χ4n) is 1.97. The predicted octanol–water partition coefficient (Wildman–Crippen LogP) is 2.80. The summed E-state index contributed by atoms with van der Waals surface area (Å²) in [6.07, 6.45) is 1.09. The van der Waals surface area contributed by atoms with E-state index >= 15 is 0 Å². The molecule has 2 aromatic rings. The van der Waals surface area contributed by atoms with Crippen molar-refractivity contribution in [2.75, 3.05) is 13.6 Å². The molecule has 2 rings (SSSR count). The molecule has 0 aliphatic rings. The SMILES string of the molecule is CNCCc1ccccc1CNCc1cccs1. The van der Waals surface area contributed by atoms with Crippen LogP contribution in [0.1, 0.15) is 16.0 Å². The van der Waals surface area contributed by atoms with Crippen molar-refractivity contribution in [2.45, 2.75) is 19.5 Å². The van der Waals surface area contributed by atoms with Gasteiger partial charge < -0.3 is 10.6 Å². The standard InChI is InChI=1S/C15H20N2S/c1-16-9-8-13-5-2-3-6-14(13)11-17-12-15-7-4-10-18-15/h2-7,10,16-17H,8-9,11-12H2,1H3. The molecule has 0 spiro atoms. The van der Waals surface area contributed by atoms with E-state index in [1.165, 1.54) is 16.0 Å². The molecule has 0 bridgehead atoms. The van der Waals surface area contributed by atoms with Crippen molar-refractivity contribution < 1.29 is 0 Å². The van der Waals surface area contributed by atoms with Gasteiger partial charge in [0, 0.05) is 18.0 Å². The zero-order valence-corrected chi connectivity index (χ0v) is 11.6. The van der Waals surface area contributed by atoms with Gasteiger partial charge in [-0.05, 0) is 42.6 Å². The highest BCUT2D eigenvalue weighted by Crippen LogP contribution is 2.11. The van der Waals surface area contributed by atoms with Crippen LogP contribution >= 0.6 is 11.3 Å². The van der Waals surface area contributed by atoms with Gasteiger partial charge in [0.2, 0.25) is 0 Å². The Morgan fingerprint density at radius 2 is 1.83 bits per heavy atom. The van der Waals surface area contributed by atoms with Crippen LogP contribution in [0.4, 0.5) is 0 Å². The molecule has 0 saturated carbocycles. The average molecular weight is 260 g/mol. The molecule has 0 amide bonds. The smallest absolute Gasteiger partial charge is 0.0302 e. The summed E-state index contributed by atoms with van der Waals surface area (Å²) in [5.74, 6) is 0. The Morgan fingerprint density at radius 3 is 2.56 bits per heavy atom. The van der Waals surface area contributed by atoms with Gasteiger partial charge in [-0.2, -0.15) is 0 Å². The lowest BCUT2D eigenvalue weighted by Gasteiger charge is -2.10. The van der Waals surface area contributed by atoms with Gasteiger partial charge in [0.15, 0.2) is 0 Å². The van der Waals surface area contributed by atoms with Crippen LogP contribution in [0.3, 0.4) is 0 Å². The first-order valence-electron chi connectivity index (χ1n) is 6.34. The minimum atomic E-state index is 0.942. The molecule has 0 fully saturated rings. The van der Waals surface area contributed by atoms with Crippen molar-refractivity contribution in [2.24, 2.45) is 0 Å². The van der Waals surface area contributed by atoms with Crippen molar-refractivity contribution in [1.29, 1.82) is 0 Å². The normalized spacial score (nSPS) is 10.7. The zero-order valence-electron chi connectivity index (χ0n) is 10.8. The number of rotatable bonds is 7. The molecule has 1 aromatic heterocycles. The topological polar surface area (TPSA) is 24.1 Å². The third-order valence-electron chi connectivity index (χ3n) is 2.96. The largest absolute Gasteiger partial charge is 0.319 e. The summed E-state index contributed by atoms with van der Waals surface area (Å²) in [5.41, 5.74) is 2.84. The molecule has 0 saturated heterocycles. The van der Waals surface area contributed by atoms with E-state index in [0.717, 1.165) is 26.1 Å². The first-order chi connectivity index (χ1) is 8.90. The first-order valence-corrected chi connectivity index (χ1v) is 7.22. The van der Waals surface area contributed by atoms with E-state index in [1.807, 2.05) is 7.05 Å². The minimum absolute atomic E-state index is 0.942. The maximum absolute atomic E-state index is 3.51. The second-order valence-electron chi connectivity index (χ2n) is 4.31. The lowest BCUT2D eigenvalue weighted by molar-refractivity contribution is 0.690. The van der Waals surface area contributed by atoms with Crippen molar-refractivity contribution in [3.63, 3.8) is 0 Å². The fourth-order valence-corrected chi connectivity index (χ4v) is 2.64. The third-order valence-corrected chi connectivity index (χ3v) is 3.83. The Labute approximate surface area is 113 Å². The van der Waals surface area contributed by atoms with E-state index in [2.05, 4.69) is 52.4 Å². The van der Waals surface area contributed by atoms with Gasteiger partial charge in [-0.3, -0.25) is 0 Å². The number of benzene rings is 1. The van der Waals surface area contributed by atoms with Crippen LogP contribution in [0, 0.1) is 0 Å². The summed E-state index contributed by atoms with van der Waals surface area (Å²) >= 11 is 1.80. The van der Waals surface area contributed by atoms with Crippen molar-refractivity contribution in [3.8, 4) is 0 Å². The maximum atomic E-state index is 3.51. The lowest BCUT2D eigenvalue weighted by Crippen LogP contribution is -2.15. The quantitative estimate of drug-likeness (QED) is 0.800. The molecule has 2 N–H and O–H groups in total. The summed E-state index contributed by atoms with van der Waals surface area (Å²) < 4.78 is 0. The second kappa shape index (κ2) is 7.31. The molecular weight excluding hydrogens is 240 g/mol. The van der Waals surface area contributed by atoms with Gasteiger partial charge in [-0.25, -0.2) is 0 Å². The van der Waals surface area contributed by atoms with E-state index < -0.39 is 0 Å². The summed E-state index contributed by atoms with van der Waals surface area (Å²) in [6.45, 7) is 2.93. The van der Waals surface area contributed by atoms with Gasteiger partial charge in [-0.15, -0.1) is 11.3 Å². The molecule has 3 heteroatoms. The van der Waals surface area contributed by atoms with Crippen molar-refractivity contribution >= 4 is 11.3 Å². The van der Waals surface area contributed by atoms with Crippen LogP contribution in [-0.4, -0.2) is 13.6 Å². The minimum Gasteiger partial charge on any atom is -0.319 e. The number of likely N-dealkylation sites (N-methyl/N-ethyl adjacent to an activating group) is 1. The third kappa shape index (κ3) is 3.95. The van der Waals surface area contributed by atoms with Crippen molar-refractivity contribution in [1.82, 2.24) is 10.6 Å². The monoisotopic (exact) mass is 260 g/mol. The van der Waals surface area contributed by atoms with Crippen LogP contribution < -0.4 is 10.6 Å². The summed E-state index contributed by atoms with van der Waals surface area (Å²) in [7, 11) is 2.00. The predicted molar refractivity (Wildman–Crippen MR) is 78.9 cm³/mol. The number of nitrogens with one attached hydrogen (secondary N) is 2. The van der Waals surface area contributed by atoms with Crippen LogP contribution in [0.2, 0.25) is 0 Å². The molecule has 0 atom stereocenters.